The molecule has 0 radical (unpaired) electrons. The smallest absolute Gasteiger partial charge is 0.294 e. The lowest BCUT2D eigenvalue weighted by molar-refractivity contribution is -0.757. The maximum Gasteiger partial charge on any atom is 0.294 e. The van der Waals surface area contributed by atoms with Crippen LogP contribution in [-0.4, -0.2) is 17.0 Å². The SMILES string of the molecule is O=[N+]([O-])OCCCCCCCCCCCCCCCCBr. The third-order valence-corrected chi connectivity index (χ3v) is 4.29. The molecule has 0 aliphatic rings. The highest BCUT2D eigenvalue weighted by molar-refractivity contribution is 9.09. The number of halogens is 1. The number of rotatable bonds is 17. The predicted molar refractivity (Wildman–Crippen MR) is 91.4 cm³/mol. The topological polar surface area (TPSA) is 52.4 Å². The largest absolute Gasteiger partial charge is 0.314 e. The van der Waals surface area contributed by atoms with Crippen molar-refractivity contribution in [3.8, 4) is 0 Å². The molecule has 0 saturated heterocycles. The summed E-state index contributed by atoms with van der Waals surface area (Å²) in [5.74, 6) is 0. The summed E-state index contributed by atoms with van der Waals surface area (Å²) in [6.07, 6.45) is 18.0. The molecule has 0 atom stereocenters. The summed E-state index contributed by atoms with van der Waals surface area (Å²) in [7, 11) is 0. The third kappa shape index (κ3) is 19.7. The van der Waals surface area contributed by atoms with Gasteiger partial charge in [0.1, 0.15) is 0 Å². The van der Waals surface area contributed by atoms with Gasteiger partial charge in [-0.1, -0.05) is 93.0 Å². The minimum Gasteiger partial charge on any atom is -0.314 e. The van der Waals surface area contributed by atoms with Gasteiger partial charge in [-0.05, 0) is 12.8 Å². The molecular formula is C16H32BrNO3. The minimum absolute atomic E-state index is 0.253. The van der Waals surface area contributed by atoms with Crippen LogP contribution in [0.2, 0.25) is 0 Å². The van der Waals surface area contributed by atoms with Gasteiger partial charge in [-0.25, -0.2) is 0 Å². The molecule has 0 aliphatic carbocycles. The molecule has 0 N–H and O–H groups in total. The van der Waals surface area contributed by atoms with E-state index < -0.39 is 5.09 Å². The fraction of sp³-hybridized carbons (Fsp3) is 1.00. The molecule has 0 heterocycles. The summed E-state index contributed by atoms with van der Waals surface area (Å²) >= 11 is 3.46. The van der Waals surface area contributed by atoms with Crippen molar-refractivity contribution < 1.29 is 9.92 Å². The van der Waals surface area contributed by atoms with E-state index in [1.807, 2.05) is 0 Å². The fourth-order valence-corrected chi connectivity index (χ4v) is 2.85. The van der Waals surface area contributed by atoms with Crippen LogP contribution < -0.4 is 0 Å². The first-order valence-corrected chi connectivity index (χ1v) is 9.73. The Labute approximate surface area is 138 Å². The number of nitrogens with zero attached hydrogens (tertiary/aromatic N) is 1. The molecule has 0 aromatic carbocycles. The van der Waals surface area contributed by atoms with Crippen LogP contribution in [0.1, 0.15) is 89.9 Å². The summed E-state index contributed by atoms with van der Waals surface area (Å²) in [6, 6.07) is 0. The zero-order valence-corrected chi connectivity index (χ0v) is 14.9. The van der Waals surface area contributed by atoms with E-state index in [0.29, 0.717) is 0 Å². The van der Waals surface area contributed by atoms with E-state index >= 15 is 0 Å². The van der Waals surface area contributed by atoms with Gasteiger partial charge in [0.2, 0.25) is 0 Å². The molecule has 21 heavy (non-hydrogen) atoms. The average Bonchev–Trinajstić information content (AvgIpc) is 2.46. The van der Waals surface area contributed by atoms with E-state index in [-0.39, 0.29) is 6.61 Å². The lowest BCUT2D eigenvalue weighted by Gasteiger charge is -2.03. The Kier molecular flexibility index (Phi) is 17.5. The molecule has 0 amide bonds. The molecule has 5 heteroatoms. The van der Waals surface area contributed by atoms with Gasteiger partial charge in [0.05, 0.1) is 6.61 Å². The lowest BCUT2D eigenvalue weighted by atomic mass is 10.0. The van der Waals surface area contributed by atoms with Gasteiger partial charge < -0.3 is 4.84 Å². The maximum absolute atomic E-state index is 9.93. The molecule has 0 rings (SSSR count). The van der Waals surface area contributed by atoms with Crippen molar-refractivity contribution in [1.82, 2.24) is 0 Å². The highest BCUT2D eigenvalue weighted by Gasteiger charge is 1.96. The molecule has 0 spiro atoms. The minimum atomic E-state index is -0.707. The molecule has 0 saturated carbocycles. The normalized spacial score (nSPS) is 10.7. The summed E-state index contributed by atoms with van der Waals surface area (Å²) in [4.78, 5) is 14.2. The number of hydrogen-bond acceptors (Lipinski definition) is 3. The number of unbranched alkanes of at least 4 members (excludes halogenated alkanes) is 13. The van der Waals surface area contributed by atoms with Crippen molar-refractivity contribution in [3.05, 3.63) is 10.1 Å². The van der Waals surface area contributed by atoms with Crippen LogP contribution in [0.5, 0.6) is 0 Å². The van der Waals surface area contributed by atoms with E-state index in [1.165, 1.54) is 77.0 Å². The first-order chi connectivity index (χ1) is 10.3. The molecule has 4 nitrogen and oxygen atoms in total. The first-order valence-electron chi connectivity index (χ1n) is 8.60. The van der Waals surface area contributed by atoms with Gasteiger partial charge in [0.25, 0.3) is 5.09 Å². The summed E-state index contributed by atoms with van der Waals surface area (Å²) in [5, 5.41) is 10.4. The van der Waals surface area contributed by atoms with Crippen LogP contribution in [0.15, 0.2) is 0 Å². The summed E-state index contributed by atoms with van der Waals surface area (Å²) in [6.45, 7) is 0.253. The molecule has 0 bridgehead atoms. The molecule has 0 unspecified atom stereocenters. The summed E-state index contributed by atoms with van der Waals surface area (Å²) in [5.41, 5.74) is 0. The average molecular weight is 366 g/mol. The predicted octanol–water partition coefficient (Wildman–Crippen LogP) is 6.05. The third-order valence-electron chi connectivity index (χ3n) is 3.72. The summed E-state index contributed by atoms with van der Waals surface area (Å²) < 4.78 is 0. The van der Waals surface area contributed by atoms with Crippen molar-refractivity contribution >= 4 is 15.9 Å². The van der Waals surface area contributed by atoms with Crippen LogP contribution in [0.3, 0.4) is 0 Å². The van der Waals surface area contributed by atoms with E-state index in [9.17, 15) is 10.1 Å². The Morgan fingerprint density at radius 2 is 1.00 bits per heavy atom. The Morgan fingerprint density at radius 3 is 1.33 bits per heavy atom. The molecule has 0 aliphatic heterocycles. The highest BCUT2D eigenvalue weighted by Crippen LogP contribution is 2.13. The first kappa shape index (κ1) is 20.7. The highest BCUT2D eigenvalue weighted by atomic mass is 79.9. The maximum atomic E-state index is 9.93. The van der Waals surface area contributed by atoms with Gasteiger partial charge in [0, 0.05) is 5.33 Å². The monoisotopic (exact) mass is 365 g/mol. The van der Waals surface area contributed by atoms with Crippen molar-refractivity contribution in [1.29, 1.82) is 0 Å². The van der Waals surface area contributed by atoms with Crippen LogP contribution in [-0.2, 0) is 4.84 Å². The van der Waals surface area contributed by atoms with Gasteiger partial charge in [-0.3, -0.25) is 0 Å². The van der Waals surface area contributed by atoms with Crippen LogP contribution in [0, 0.1) is 10.1 Å². The molecule has 0 fully saturated rings. The van der Waals surface area contributed by atoms with E-state index in [1.54, 1.807) is 0 Å². The van der Waals surface area contributed by atoms with Crippen LogP contribution in [0.25, 0.3) is 0 Å². The van der Waals surface area contributed by atoms with Crippen molar-refractivity contribution in [3.63, 3.8) is 0 Å². The zero-order valence-electron chi connectivity index (χ0n) is 13.4. The standard InChI is InChI=1S/C16H32BrNO3/c17-15-13-11-9-7-5-3-1-2-4-6-8-10-12-14-16-21-18(19)20/h1-16H2. The van der Waals surface area contributed by atoms with E-state index in [0.717, 1.165) is 18.2 Å². The Hall–Kier alpha value is -0.320. The van der Waals surface area contributed by atoms with E-state index in [2.05, 4.69) is 20.8 Å². The molecule has 126 valence electrons. The van der Waals surface area contributed by atoms with Crippen LogP contribution in [0.4, 0.5) is 0 Å². The van der Waals surface area contributed by atoms with Gasteiger partial charge >= 0.3 is 0 Å². The second kappa shape index (κ2) is 17.7. The van der Waals surface area contributed by atoms with Crippen molar-refractivity contribution in [2.75, 3.05) is 11.9 Å². The van der Waals surface area contributed by atoms with Crippen molar-refractivity contribution in [2.24, 2.45) is 0 Å². The quantitative estimate of drug-likeness (QED) is 0.136. The zero-order chi connectivity index (χ0) is 15.6. The fourth-order valence-electron chi connectivity index (χ4n) is 2.46. The second-order valence-corrected chi connectivity index (χ2v) is 6.49. The van der Waals surface area contributed by atoms with Gasteiger partial charge in [-0.2, -0.15) is 0 Å². The molecule has 0 aromatic rings. The van der Waals surface area contributed by atoms with Gasteiger partial charge in [-0.15, -0.1) is 10.1 Å². The van der Waals surface area contributed by atoms with Crippen LogP contribution >= 0.6 is 15.9 Å². The lowest BCUT2D eigenvalue weighted by Crippen LogP contribution is -2.01. The second-order valence-electron chi connectivity index (χ2n) is 5.70. The van der Waals surface area contributed by atoms with Gasteiger partial charge in [0.15, 0.2) is 0 Å². The molecule has 0 aromatic heterocycles. The Morgan fingerprint density at radius 1 is 0.667 bits per heavy atom. The number of hydrogen-bond donors (Lipinski definition) is 0. The Balaban J connectivity index is 2.95. The Bertz CT molecular complexity index is 228. The van der Waals surface area contributed by atoms with E-state index in [4.69, 9.17) is 0 Å². The van der Waals surface area contributed by atoms with Crippen molar-refractivity contribution in [2.45, 2.75) is 89.9 Å². The molecular weight excluding hydrogens is 334 g/mol. The number of alkyl halides is 1.